The molecule has 2 rings (SSSR count). The molecule has 7 heteroatoms. The van der Waals surface area contributed by atoms with Gasteiger partial charge in [-0.2, -0.15) is 0 Å². The maximum Gasteiger partial charge on any atom is 0.320 e. The van der Waals surface area contributed by atoms with Gasteiger partial charge in [0, 0.05) is 18.4 Å². The molecule has 0 radical (unpaired) electrons. The fourth-order valence-electron chi connectivity index (χ4n) is 1.19. The molecule has 0 aliphatic carbocycles. The number of aromatic nitrogens is 2. The Labute approximate surface area is 101 Å². The number of anilines is 2. The lowest BCUT2D eigenvalue weighted by atomic mass is 10.3. The van der Waals surface area contributed by atoms with Crippen LogP contribution in [0.4, 0.5) is 20.5 Å². The van der Waals surface area contributed by atoms with Crippen molar-refractivity contribution in [1.29, 1.82) is 0 Å². The van der Waals surface area contributed by atoms with Crippen LogP contribution in [0.3, 0.4) is 0 Å². The first kappa shape index (κ1) is 11.8. The number of benzene rings is 1. The molecule has 0 aliphatic heterocycles. The zero-order valence-electron chi connectivity index (χ0n) is 8.58. The van der Waals surface area contributed by atoms with Crippen molar-refractivity contribution in [2.75, 3.05) is 11.2 Å². The molecule has 0 atom stereocenters. The maximum atomic E-state index is 13.3. The second-order valence-electron chi connectivity index (χ2n) is 3.19. The van der Waals surface area contributed by atoms with E-state index in [1.807, 2.05) is 0 Å². The summed E-state index contributed by atoms with van der Waals surface area (Å²) in [5.74, 6) is -0.493. The standard InChI is InChI=1S/C10H8ClF2N3O/c11-4-3-9-15-16-10(17-9)14-8-5-6(12)1-2-7(8)13/h1-2,5H,3-4H2,(H,14,16). The smallest absolute Gasteiger partial charge is 0.320 e. The van der Waals surface area contributed by atoms with Crippen LogP contribution in [0.15, 0.2) is 22.6 Å². The van der Waals surface area contributed by atoms with Gasteiger partial charge >= 0.3 is 6.01 Å². The number of aryl methyl sites for hydroxylation is 1. The largest absolute Gasteiger partial charge is 0.408 e. The van der Waals surface area contributed by atoms with Crippen molar-refractivity contribution in [3.63, 3.8) is 0 Å². The minimum Gasteiger partial charge on any atom is -0.408 e. The Morgan fingerprint density at radius 3 is 2.88 bits per heavy atom. The van der Waals surface area contributed by atoms with Crippen molar-refractivity contribution in [1.82, 2.24) is 10.2 Å². The Morgan fingerprint density at radius 1 is 1.29 bits per heavy atom. The SMILES string of the molecule is Fc1ccc(F)c(Nc2nnc(CCCl)o2)c1. The van der Waals surface area contributed by atoms with Crippen molar-refractivity contribution in [2.45, 2.75) is 6.42 Å². The number of hydrogen-bond donors (Lipinski definition) is 1. The molecule has 17 heavy (non-hydrogen) atoms. The monoisotopic (exact) mass is 259 g/mol. The predicted molar refractivity (Wildman–Crippen MR) is 58.4 cm³/mol. The number of nitrogens with zero attached hydrogens (tertiary/aromatic N) is 2. The van der Waals surface area contributed by atoms with Gasteiger partial charge in [-0.1, -0.05) is 5.10 Å². The summed E-state index contributed by atoms with van der Waals surface area (Å²) in [7, 11) is 0. The molecule has 2 aromatic rings. The van der Waals surface area contributed by atoms with Gasteiger partial charge in [0.15, 0.2) is 0 Å². The molecule has 0 fully saturated rings. The van der Waals surface area contributed by atoms with Crippen LogP contribution < -0.4 is 5.32 Å². The highest BCUT2D eigenvalue weighted by Crippen LogP contribution is 2.20. The third-order valence-corrected chi connectivity index (χ3v) is 2.13. The molecule has 0 unspecified atom stereocenters. The van der Waals surface area contributed by atoms with E-state index in [1.165, 1.54) is 0 Å². The summed E-state index contributed by atoms with van der Waals surface area (Å²) in [5.41, 5.74) is -0.0638. The molecule has 1 N–H and O–H groups in total. The van der Waals surface area contributed by atoms with Crippen molar-refractivity contribution in [2.24, 2.45) is 0 Å². The third kappa shape index (κ3) is 2.91. The highest BCUT2D eigenvalue weighted by atomic mass is 35.5. The lowest BCUT2D eigenvalue weighted by molar-refractivity contribution is 0.515. The lowest BCUT2D eigenvalue weighted by Gasteiger charge is -2.02. The number of nitrogens with one attached hydrogen (secondary N) is 1. The van der Waals surface area contributed by atoms with Crippen LogP contribution in [-0.2, 0) is 6.42 Å². The minimum absolute atomic E-state index is 0.00498. The molecule has 0 aliphatic rings. The molecule has 1 heterocycles. The van der Waals surface area contributed by atoms with E-state index in [2.05, 4.69) is 15.5 Å². The van der Waals surface area contributed by atoms with E-state index in [9.17, 15) is 8.78 Å². The van der Waals surface area contributed by atoms with Gasteiger partial charge in [0.1, 0.15) is 11.6 Å². The zero-order chi connectivity index (χ0) is 12.3. The molecule has 0 amide bonds. The average Bonchev–Trinajstić information content (AvgIpc) is 2.72. The van der Waals surface area contributed by atoms with Gasteiger partial charge in [-0.15, -0.1) is 16.7 Å². The van der Waals surface area contributed by atoms with Gasteiger partial charge in [0.2, 0.25) is 5.89 Å². The number of rotatable bonds is 4. The molecule has 0 saturated carbocycles. The Morgan fingerprint density at radius 2 is 2.12 bits per heavy atom. The second-order valence-corrected chi connectivity index (χ2v) is 3.57. The van der Waals surface area contributed by atoms with Crippen molar-refractivity contribution >= 4 is 23.3 Å². The van der Waals surface area contributed by atoms with Gasteiger partial charge in [-0.25, -0.2) is 8.78 Å². The first-order chi connectivity index (χ1) is 8.19. The van der Waals surface area contributed by atoms with Crippen LogP contribution in [-0.4, -0.2) is 16.1 Å². The predicted octanol–water partition coefficient (Wildman–Crippen LogP) is 2.87. The summed E-state index contributed by atoms with van der Waals surface area (Å²) in [4.78, 5) is 0. The van der Waals surface area contributed by atoms with Crippen LogP contribution >= 0.6 is 11.6 Å². The molecule has 0 spiro atoms. The van der Waals surface area contributed by atoms with Gasteiger partial charge in [0.25, 0.3) is 0 Å². The van der Waals surface area contributed by atoms with E-state index in [1.54, 1.807) is 0 Å². The Kier molecular flexibility index (Phi) is 3.53. The highest BCUT2D eigenvalue weighted by Gasteiger charge is 2.09. The van der Waals surface area contributed by atoms with Crippen LogP contribution in [0, 0.1) is 11.6 Å². The maximum absolute atomic E-state index is 13.3. The fourth-order valence-corrected chi connectivity index (χ4v) is 1.36. The molecule has 0 saturated heterocycles. The average molecular weight is 260 g/mol. The number of alkyl halides is 1. The number of halogens is 3. The van der Waals surface area contributed by atoms with Gasteiger partial charge in [0.05, 0.1) is 5.69 Å². The van der Waals surface area contributed by atoms with Crippen LogP contribution in [0.25, 0.3) is 0 Å². The van der Waals surface area contributed by atoms with E-state index >= 15 is 0 Å². The van der Waals surface area contributed by atoms with E-state index in [0.717, 1.165) is 18.2 Å². The molecular weight excluding hydrogens is 252 g/mol. The van der Waals surface area contributed by atoms with E-state index in [0.29, 0.717) is 18.2 Å². The third-order valence-electron chi connectivity index (χ3n) is 1.95. The Bertz CT molecular complexity index is 518. The van der Waals surface area contributed by atoms with Gasteiger partial charge in [-0.3, -0.25) is 0 Å². The van der Waals surface area contributed by atoms with Gasteiger partial charge < -0.3 is 9.73 Å². The minimum atomic E-state index is -0.608. The summed E-state index contributed by atoms with van der Waals surface area (Å²) in [5, 5.41) is 9.79. The van der Waals surface area contributed by atoms with Crippen molar-refractivity contribution in [3.8, 4) is 0 Å². The molecular formula is C10H8ClF2N3O. The Hall–Kier alpha value is -1.69. The van der Waals surface area contributed by atoms with E-state index in [4.69, 9.17) is 16.0 Å². The summed E-state index contributed by atoms with van der Waals surface area (Å²) in [6.45, 7) is 0. The van der Waals surface area contributed by atoms with Crippen molar-refractivity contribution in [3.05, 3.63) is 35.7 Å². The highest BCUT2D eigenvalue weighted by molar-refractivity contribution is 6.17. The van der Waals surface area contributed by atoms with Crippen LogP contribution in [0.5, 0.6) is 0 Å². The molecule has 1 aromatic carbocycles. The van der Waals surface area contributed by atoms with Crippen molar-refractivity contribution < 1.29 is 13.2 Å². The topological polar surface area (TPSA) is 51.0 Å². The lowest BCUT2D eigenvalue weighted by Crippen LogP contribution is -1.94. The van der Waals surface area contributed by atoms with Crippen LogP contribution in [0.1, 0.15) is 5.89 Å². The first-order valence-corrected chi connectivity index (χ1v) is 5.33. The second kappa shape index (κ2) is 5.09. The molecule has 1 aromatic heterocycles. The quantitative estimate of drug-likeness (QED) is 0.858. The molecule has 90 valence electrons. The van der Waals surface area contributed by atoms with E-state index in [-0.39, 0.29) is 11.7 Å². The first-order valence-electron chi connectivity index (χ1n) is 4.79. The summed E-state index contributed by atoms with van der Waals surface area (Å²) in [6, 6.07) is 3.02. The molecule has 0 bridgehead atoms. The zero-order valence-corrected chi connectivity index (χ0v) is 9.34. The Balaban J connectivity index is 2.16. The van der Waals surface area contributed by atoms with Crippen LogP contribution in [0.2, 0.25) is 0 Å². The van der Waals surface area contributed by atoms with E-state index < -0.39 is 11.6 Å². The fraction of sp³-hybridized carbons (Fsp3) is 0.200. The summed E-state index contributed by atoms with van der Waals surface area (Å²) in [6.07, 6.45) is 0.419. The normalized spacial score (nSPS) is 10.5. The number of hydrogen-bond acceptors (Lipinski definition) is 4. The summed E-state index contributed by atoms with van der Waals surface area (Å²) < 4.78 is 31.3. The molecule has 4 nitrogen and oxygen atoms in total. The van der Waals surface area contributed by atoms with Gasteiger partial charge in [-0.05, 0) is 12.1 Å². The summed E-state index contributed by atoms with van der Waals surface area (Å²) >= 11 is 5.49.